The molecule has 0 saturated carbocycles. The van der Waals surface area contributed by atoms with Gasteiger partial charge in [0, 0.05) is 10.8 Å². The highest BCUT2D eigenvalue weighted by molar-refractivity contribution is 14.1. The lowest BCUT2D eigenvalue weighted by molar-refractivity contribution is -0.134. The highest BCUT2D eigenvalue weighted by Crippen LogP contribution is 2.44. The summed E-state index contributed by atoms with van der Waals surface area (Å²) in [5.74, 6) is 0.442. The normalized spacial score (nSPS) is 12.6. The fourth-order valence-corrected chi connectivity index (χ4v) is 5.69. The summed E-state index contributed by atoms with van der Waals surface area (Å²) < 4.78 is 6.41. The molecule has 0 unspecified atom stereocenters. The Bertz CT molecular complexity index is 913. The van der Waals surface area contributed by atoms with E-state index in [0.29, 0.717) is 12.2 Å². The van der Waals surface area contributed by atoms with Gasteiger partial charge in [0.15, 0.2) is 14.7 Å². The van der Waals surface area contributed by atoms with E-state index in [0.717, 1.165) is 22.2 Å². The Morgan fingerprint density at radius 1 is 0.889 bits per heavy atom. The molecule has 1 aliphatic rings. The van der Waals surface area contributed by atoms with Crippen molar-refractivity contribution in [3.8, 4) is 5.75 Å². The van der Waals surface area contributed by atoms with Gasteiger partial charge in [0.1, 0.15) is 16.6 Å². The summed E-state index contributed by atoms with van der Waals surface area (Å²) in [7, 11) is -0.188. The first-order chi connectivity index (χ1) is 13.3. The van der Waals surface area contributed by atoms with E-state index in [1.807, 2.05) is 12.1 Å². The van der Waals surface area contributed by atoms with Crippen LogP contribution in [0.3, 0.4) is 0 Å². The van der Waals surface area contributed by atoms with Gasteiger partial charge in [-0.05, 0) is 55.0 Å². The first kappa shape index (κ1) is 18.4. The van der Waals surface area contributed by atoms with E-state index in [4.69, 9.17) is 4.74 Å². The second-order valence-electron chi connectivity index (χ2n) is 6.16. The van der Waals surface area contributed by atoms with E-state index >= 15 is 0 Å². The number of carbonyl (C=O) groups excluding carboxylic acids is 1. The van der Waals surface area contributed by atoms with Crippen LogP contribution in [0.2, 0.25) is 0 Å². The fourth-order valence-electron chi connectivity index (χ4n) is 3.05. The molecule has 0 spiro atoms. The van der Waals surface area contributed by atoms with E-state index in [-0.39, 0.29) is 16.9 Å². The van der Waals surface area contributed by atoms with Crippen LogP contribution in [-0.2, 0) is 15.7 Å². The fraction of sp³-hybridized carbons (Fsp3) is 0.136. The van der Waals surface area contributed by atoms with Crippen molar-refractivity contribution in [1.29, 1.82) is 0 Å². The molecule has 0 aromatic heterocycles. The first-order valence-corrected chi connectivity index (χ1v) is 11.6. The zero-order chi connectivity index (χ0) is 18.6. The van der Waals surface area contributed by atoms with Crippen LogP contribution in [0, 0.1) is 0 Å². The summed E-state index contributed by atoms with van der Waals surface area (Å²) in [5, 5.41) is 3.53. The highest BCUT2D eigenvalue weighted by atomic mass is 127. The average molecular weight is 488 g/mol. The molecule has 136 valence electrons. The van der Waals surface area contributed by atoms with Gasteiger partial charge >= 0.3 is 5.97 Å². The summed E-state index contributed by atoms with van der Waals surface area (Å²) in [4.78, 5) is 15.6. The number of hydrogen-bond donors (Lipinski definition) is 1. The number of rotatable bonds is 5. The van der Waals surface area contributed by atoms with E-state index in [9.17, 15) is 4.79 Å². The van der Waals surface area contributed by atoms with E-state index in [2.05, 4.69) is 88.6 Å². The van der Waals surface area contributed by atoms with Gasteiger partial charge in [-0.15, -0.1) is 0 Å². The molecule has 5 heteroatoms. The zero-order valence-corrected chi connectivity index (χ0v) is 17.6. The van der Waals surface area contributed by atoms with Crippen LogP contribution in [-0.4, -0.2) is 10.4 Å². The Kier molecular flexibility index (Phi) is 5.69. The largest absolute Gasteiger partial charge is 0.427 e. The van der Waals surface area contributed by atoms with Gasteiger partial charge in [0.05, 0.1) is 11.4 Å². The monoisotopic (exact) mass is 488 g/mol. The number of hydrogen-bond acceptors (Lipinski definition) is 3. The van der Waals surface area contributed by atoms with Crippen molar-refractivity contribution in [3.05, 3.63) is 72.8 Å². The molecule has 0 bridgehead atoms. The molecule has 1 heterocycles. The van der Waals surface area contributed by atoms with Crippen LogP contribution >= 0.6 is 22.6 Å². The lowest BCUT2D eigenvalue weighted by Gasteiger charge is -2.20. The number of halogens is 1. The molecule has 3 nitrogen and oxygen atoms in total. The number of nitrogens with one attached hydrogen (secondary N) is 1. The average Bonchev–Trinajstić information content (AvgIpc) is 2.71. The minimum absolute atomic E-state index is 0.167. The van der Waals surface area contributed by atoms with Crippen molar-refractivity contribution in [2.45, 2.75) is 27.5 Å². The predicted molar refractivity (Wildman–Crippen MR) is 119 cm³/mol. The smallest absolute Gasteiger partial charge is 0.311 e. The van der Waals surface area contributed by atoms with Crippen molar-refractivity contribution in [2.24, 2.45) is 0 Å². The Hall–Kier alpha value is -1.99. The van der Waals surface area contributed by atoms with Gasteiger partial charge in [-0.25, -0.2) is 0 Å². The molecule has 0 fully saturated rings. The minimum atomic E-state index is -0.188. The number of esters is 1. The number of carbonyl (C=O) groups is 1. The summed E-state index contributed by atoms with van der Waals surface area (Å²) in [5.41, 5.74) is 2.29. The van der Waals surface area contributed by atoms with Crippen molar-refractivity contribution >= 4 is 50.8 Å². The molecular formula is C22H19INO2S+. The quantitative estimate of drug-likeness (QED) is 0.124. The summed E-state index contributed by atoms with van der Waals surface area (Å²) in [6.45, 7) is 0. The maximum Gasteiger partial charge on any atom is 0.311 e. The molecule has 1 N–H and O–H groups in total. The molecule has 4 rings (SSSR count). The van der Waals surface area contributed by atoms with Crippen molar-refractivity contribution in [3.63, 3.8) is 0 Å². The molecule has 1 aliphatic heterocycles. The molecule has 27 heavy (non-hydrogen) atoms. The molecule has 0 atom stereocenters. The standard InChI is InChI=1S/C22H19INO2S/c23-15-5-10-22(25)26-16-11-13-17(14-12-16)27-20-8-3-1-6-18(20)24-19-7-2-4-9-21(19)27/h1-4,6-9,11-14,24H,5,10,15H2/q+1. The number of fused-ring (bicyclic) bond motifs is 2. The Balaban J connectivity index is 1.64. The second-order valence-corrected chi connectivity index (χ2v) is 9.20. The summed E-state index contributed by atoms with van der Waals surface area (Å²) >= 11 is 2.27. The van der Waals surface area contributed by atoms with Gasteiger partial charge in [-0.3, -0.25) is 4.79 Å². The molecule has 0 saturated heterocycles. The molecule has 0 radical (unpaired) electrons. The van der Waals surface area contributed by atoms with Gasteiger partial charge < -0.3 is 10.1 Å². The predicted octanol–water partition coefficient (Wildman–Crippen LogP) is 5.96. The molecule has 0 amide bonds. The van der Waals surface area contributed by atoms with Gasteiger partial charge in [0.25, 0.3) is 0 Å². The van der Waals surface area contributed by atoms with Crippen LogP contribution in [0.25, 0.3) is 0 Å². The van der Waals surface area contributed by atoms with Crippen LogP contribution in [0.15, 0.2) is 87.5 Å². The Labute approximate surface area is 175 Å². The topological polar surface area (TPSA) is 38.3 Å². The second kappa shape index (κ2) is 8.35. The SMILES string of the molecule is O=C(CCCI)Oc1ccc([S+]2c3ccccc3Nc3ccccc32)cc1. The number of ether oxygens (including phenoxy) is 1. The Morgan fingerprint density at radius 3 is 2.07 bits per heavy atom. The third-order valence-corrected chi connectivity index (χ3v) is 7.39. The van der Waals surface area contributed by atoms with Crippen LogP contribution in [0.5, 0.6) is 5.75 Å². The third-order valence-electron chi connectivity index (χ3n) is 4.29. The summed E-state index contributed by atoms with van der Waals surface area (Å²) in [6.07, 6.45) is 1.31. The highest BCUT2D eigenvalue weighted by Gasteiger charge is 2.37. The lowest BCUT2D eigenvalue weighted by Crippen LogP contribution is -2.14. The molecule has 3 aromatic carbocycles. The lowest BCUT2D eigenvalue weighted by atomic mass is 10.2. The molecule has 0 aliphatic carbocycles. The van der Waals surface area contributed by atoms with Crippen molar-refractivity contribution < 1.29 is 9.53 Å². The number of para-hydroxylation sites is 2. The summed E-state index contributed by atoms with van der Waals surface area (Å²) in [6, 6.07) is 24.8. The van der Waals surface area contributed by atoms with Crippen LogP contribution in [0.1, 0.15) is 12.8 Å². The van der Waals surface area contributed by atoms with Gasteiger partial charge in [-0.2, -0.15) is 0 Å². The zero-order valence-electron chi connectivity index (χ0n) is 14.7. The minimum Gasteiger partial charge on any atom is -0.427 e. The van der Waals surface area contributed by atoms with Gasteiger partial charge in [0.2, 0.25) is 0 Å². The van der Waals surface area contributed by atoms with Gasteiger partial charge in [-0.1, -0.05) is 46.9 Å². The van der Waals surface area contributed by atoms with Crippen LogP contribution < -0.4 is 10.1 Å². The third kappa shape index (κ3) is 3.99. The van der Waals surface area contributed by atoms with Crippen molar-refractivity contribution in [2.75, 3.05) is 9.74 Å². The molecular weight excluding hydrogens is 469 g/mol. The molecule has 3 aromatic rings. The first-order valence-electron chi connectivity index (χ1n) is 8.82. The van der Waals surface area contributed by atoms with Crippen LogP contribution in [0.4, 0.5) is 11.4 Å². The maximum absolute atomic E-state index is 11.9. The number of anilines is 2. The maximum atomic E-state index is 11.9. The van der Waals surface area contributed by atoms with E-state index < -0.39 is 0 Å². The van der Waals surface area contributed by atoms with Crippen molar-refractivity contribution in [1.82, 2.24) is 0 Å². The van der Waals surface area contributed by atoms with E-state index in [1.165, 1.54) is 14.7 Å². The number of benzene rings is 3. The van der Waals surface area contributed by atoms with E-state index in [1.54, 1.807) is 0 Å². The Morgan fingerprint density at radius 2 is 1.48 bits per heavy atom. The number of alkyl halides is 1.